The number of aromatic nitrogens is 1. The summed E-state index contributed by atoms with van der Waals surface area (Å²) in [6.07, 6.45) is -7.51. The highest BCUT2D eigenvalue weighted by Crippen LogP contribution is 2.36. The van der Waals surface area contributed by atoms with E-state index in [1.54, 1.807) is 12.1 Å². The summed E-state index contributed by atoms with van der Waals surface area (Å²) in [5.41, 5.74) is -3.35. The standard InChI is InChI=1S/C34H36F6N6O4/c1-22(2)42-31(49)43-27-6-3-4-7-28(27)44-16-18-45(19-17-44)30(48)32(50-24-10-8-23(9-11-24)33(35,36)37)13-5-15-46(21-32)29(47)25-20-41-14-12-26(25)34(38,39)40/h3-4,6-12,14,20,22H,5,13,15-19,21H2,1-2H3,(H2,42,43,49). The predicted octanol–water partition coefficient (Wildman–Crippen LogP) is 6.05. The third-order valence-electron chi connectivity index (χ3n) is 8.46. The van der Waals surface area contributed by atoms with E-state index in [4.69, 9.17) is 4.74 Å². The molecule has 0 spiro atoms. The number of piperidine rings is 1. The number of hydrogen-bond donors (Lipinski definition) is 2. The van der Waals surface area contributed by atoms with Gasteiger partial charge in [0.2, 0.25) is 5.60 Å². The number of halogens is 6. The SMILES string of the molecule is CC(C)NC(=O)Nc1ccccc1N1CCN(C(=O)C2(Oc3ccc(C(F)(F)F)cc3)CCCN(C(=O)c3cnccc3C(F)(F)F)C2)CC1. The van der Waals surface area contributed by atoms with Crippen molar-refractivity contribution in [2.45, 2.75) is 50.7 Å². The Morgan fingerprint density at radius 1 is 0.860 bits per heavy atom. The quantitative estimate of drug-likeness (QED) is 0.290. The number of ether oxygens (including phenoxy) is 1. The molecule has 0 bridgehead atoms. The molecule has 0 saturated carbocycles. The fourth-order valence-electron chi connectivity index (χ4n) is 6.13. The Balaban J connectivity index is 1.40. The molecule has 2 aliphatic heterocycles. The minimum absolute atomic E-state index is 0.0123. The third kappa shape index (κ3) is 8.22. The van der Waals surface area contributed by atoms with Gasteiger partial charge in [-0.05, 0) is 69.2 Å². The molecule has 1 aromatic heterocycles. The molecule has 50 heavy (non-hydrogen) atoms. The summed E-state index contributed by atoms with van der Waals surface area (Å²) in [7, 11) is 0. The first-order valence-electron chi connectivity index (χ1n) is 15.9. The van der Waals surface area contributed by atoms with Crippen LogP contribution in [0.25, 0.3) is 0 Å². The van der Waals surface area contributed by atoms with Crippen molar-refractivity contribution in [2.75, 3.05) is 49.5 Å². The molecule has 4 amide bonds. The van der Waals surface area contributed by atoms with E-state index < -0.39 is 53.0 Å². The molecule has 16 heteroatoms. The Morgan fingerprint density at radius 3 is 2.18 bits per heavy atom. The number of nitrogens with zero attached hydrogens (tertiary/aromatic N) is 4. The fourth-order valence-corrected chi connectivity index (χ4v) is 6.13. The summed E-state index contributed by atoms with van der Waals surface area (Å²) in [6.45, 7) is 4.25. The van der Waals surface area contributed by atoms with Crippen LogP contribution in [0.1, 0.15) is 48.2 Å². The lowest BCUT2D eigenvalue weighted by Gasteiger charge is -2.46. The van der Waals surface area contributed by atoms with Crippen molar-refractivity contribution in [1.82, 2.24) is 20.1 Å². The first-order valence-corrected chi connectivity index (χ1v) is 15.9. The number of anilines is 2. The van der Waals surface area contributed by atoms with Gasteiger partial charge in [0.1, 0.15) is 5.75 Å². The predicted molar refractivity (Wildman–Crippen MR) is 172 cm³/mol. The molecule has 2 N–H and O–H groups in total. The zero-order valence-electron chi connectivity index (χ0n) is 27.3. The van der Waals surface area contributed by atoms with Crippen molar-refractivity contribution in [1.29, 1.82) is 0 Å². The van der Waals surface area contributed by atoms with Crippen LogP contribution in [-0.2, 0) is 17.1 Å². The molecule has 5 rings (SSSR count). The molecule has 10 nitrogen and oxygen atoms in total. The number of carbonyl (C=O) groups excluding carboxylic acids is 3. The Labute approximate surface area is 284 Å². The molecule has 3 aromatic rings. The largest absolute Gasteiger partial charge is 0.476 e. The van der Waals surface area contributed by atoms with Crippen molar-refractivity contribution in [2.24, 2.45) is 0 Å². The number of carbonyl (C=O) groups is 3. The van der Waals surface area contributed by atoms with Gasteiger partial charge in [0.05, 0.1) is 34.6 Å². The van der Waals surface area contributed by atoms with Gasteiger partial charge in [-0.1, -0.05) is 12.1 Å². The van der Waals surface area contributed by atoms with E-state index in [-0.39, 0.29) is 50.3 Å². The van der Waals surface area contributed by atoms with Crippen LogP contribution in [0.3, 0.4) is 0 Å². The molecule has 2 aliphatic rings. The van der Waals surface area contributed by atoms with Crippen LogP contribution in [0, 0.1) is 0 Å². The highest BCUT2D eigenvalue weighted by molar-refractivity contribution is 5.97. The minimum atomic E-state index is -4.85. The van der Waals surface area contributed by atoms with Gasteiger partial charge in [0.25, 0.3) is 11.8 Å². The fraction of sp³-hybridized carbons (Fsp3) is 0.412. The van der Waals surface area contributed by atoms with Crippen molar-refractivity contribution >= 4 is 29.2 Å². The number of alkyl halides is 6. The maximum absolute atomic E-state index is 14.4. The van der Waals surface area contributed by atoms with Crippen LogP contribution in [0.15, 0.2) is 67.0 Å². The zero-order valence-corrected chi connectivity index (χ0v) is 27.3. The molecule has 3 heterocycles. The molecular weight excluding hydrogens is 670 g/mol. The molecule has 268 valence electrons. The lowest BCUT2D eigenvalue weighted by atomic mass is 9.89. The van der Waals surface area contributed by atoms with Gasteiger partial charge in [0, 0.05) is 51.2 Å². The molecule has 1 atom stereocenters. The topological polar surface area (TPSA) is 107 Å². The van der Waals surface area contributed by atoms with Crippen LogP contribution in [0.5, 0.6) is 5.75 Å². The van der Waals surface area contributed by atoms with Crippen molar-refractivity contribution in [3.8, 4) is 5.75 Å². The Bertz CT molecular complexity index is 1690. The van der Waals surface area contributed by atoms with Gasteiger partial charge in [-0.25, -0.2) is 4.79 Å². The molecular formula is C34H36F6N6O4. The average Bonchev–Trinajstić information content (AvgIpc) is 3.07. The maximum Gasteiger partial charge on any atom is 0.417 e. The van der Waals surface area contributed by atoms with Crippen molar-refractivity contribution < 1.29 is 45.5 Å². The van der Waals surface area contributed by atoms with Gasteiger partial charge < -0.3 is 30.1 Å². The van der Waals surface area contributed by atoms with E-state index in [1.165, 1.54) is 4.90 Å². The zero-order chi connectivity index (χ0) is 36.3. The summed E-state index contributed by atoms with van der Waals surface area (Å²) in [5.74, 6) is -1.63. The number of para-hydroxylation sites is 2. The number of benzene rings is 2. The monoisotopic (exact) mass is 706 g/mol. The van der Waals surface area contributed by atoms with Crippen LogP contribution in [0.4, 0.5) is 42.5 Å². The summed E-state index contributed by atoms with van der Waals surface area (Å²) >= 11 is 0. The Hall–Kier alpha value is -5.02. The first-order chi connectivity index (χ1) is 23.6. The number of amides is 4. The van der Waals surface area contributed by atoms with Crippen LogP contribution >= 0.6 is 0 Å². The lowest BCUT2D eigenvalue weighted by molar-refractivity contribution is -0.153. The summed E-state index contributed by atoms with van der Waals surface area (Å²) in [5, 5.41) is 5.61. The van der Waals surface area contributed by atoms with Crippen molar-refractivity contribution in [3.05, 3.63) is 83.7 Å². The normalized spacial score (nSPS) is 18.5. The second kappa shape index (κ2) is 14.5. The van der Waals surface area contributed by atoms with Gasteiger partial charge in [0.15, 0.2) is 0 Å². The number of urea groups is 1. The molecule has 2 aromatic carbocycles. The third-order valence-corrected chi connectivity index (χ3v) is 8.46. The van der Waals surface area contributed by atoms with Crippen LogP contribution < -0.4 is 20.3 Å². The van der Waals surface area contributed by atoms with E-state index >= 15 is 0 Å². The highest BCUT2D eigenvalue weighted by Gasteiger charge is 2.49. The summed E-state index contributed by atoms with van der Waals surface area (Å²) in [4.78, 5) is 48.7. The number of hydrogen-bond acceptors (Lipinski definition) is 6. The van der Waals surface area contributed by atoms with E-state index in [0.717, 1.165) is 47.2 Å². The first kappa shape index (κ1) is 36.3. The second-order valence-electron chi connectivity index (χ2n) is 12.4. The van der Waals surface area contributed by atoms with E-state index in [2.05, 4.69) is 15.6 Å². The van der Waals surface area contributed by atoms with E-state index in [1.807, 2.05) is 30.9 Å². The van der Waals surface area contributed by atoms with Crippen LogP contribution in [0.2, 0.25) is 0 Å². The van der Waals surface area contributed by atoms with E-state index in [0.29, 0.717) is 24.8 Å². The summed E-state index contributed by atoms with van der Waals surface area (Å²) < 4.78 is 87.4. The maximum atomic E-state index is 14.4. The number of likely N-dealkylation sites (tertiary alicyclic amines) is 1. The smallest absolute Gasteiger partial charge is 0.417 e. The van der Waals surface area contributed by atoms with Crippen molar-refractivity contribution in [3.63, 3.8) is 0 Å². The van der Waals surface area contributed by atoms with Gasteiger partial charge in [-0.3, -0.25) is 14.6 Å². The van der Waals surface area contributed by atoms with E-state index in [9.17, 15) is 40.7 Å². The van der Waals surface area contributed by atoms with Crippen LogP contribution in [-0.4, -0.2) is 83.5 Å². The number of nitrogens with one attached hydrogen (secondary N) is 2. The second-order valence-corrected chi connectivity index (χ2v) is 12.4. The molecule has 2 saturated heterocycles. The molecule has 0 aliphatic carbocycles. The number of pyridine rings is 1. The lowest BCUT2D eigenvalue weighted by Crippen LogP contribution is -2.64. The number of piperazine rings is 1. The minimum Gasteiger partial charge on any atom is -0.476 e. The summed E-state index contributed by atoms with van der Waals surface area (Å²) in [6, 6.07) is 11.1. The average molecular weight is 707 g/mol. The Kier molecular flexibility index (Phi) is 10.5. The molecule has 2 fully saturated rings. The Morgan fingerprint density at radius 2 is 1.54 bits per heavy atom. The molecule has 1 unspecified atom stereocenters. The number of rotatable bonds is 7. The van der Waals surface area contributed by atoms with Gasteiger partial charge in [-0.2, -0.15) is 26.3 Å². The molecule has 0 radical (unpaired) electrons. The van der Waals surface area contributed by atoms with Gasteiger partial charge >= 0.3 is 18.4 Å². The van der Waals surface area contributed by atoms with Gasteiger partial charge in [-0.15, -0.1) is 0 Å². The highest BCUT2D eigenvalue weighted by atomic mass is 19.4.